The summed E-state index contributed by atoms with van der Waals surface area (Å²) in [4.78, 5) is 0. The summed E-state index contributed by atoms with van der Waals surface area (Å²) >= 11 is 0. The highest BCUT2D eigenvalue weighted by Crippen LogP contribution is 2.39. The highest BCUT2D eigenvalue weighted by Gasteiger charge is 2.22. The average Bonchev–Trinajstić information content (AvgIpc) is 2.53. The molecule has 0 aromatic carbocycles. The third kappa shape index (κ3) is 1.98. The van der Waals surface area contributed by atoms with Crippen LogP contribution in [0.15, 0.2) is 11.1 Å². The van der Waals surface area contributed by atoms with Crippen molar-refractivity contribution in [3.63, 3.8) is 0 Å². The van der Waals surface area contributed by atoms with Crippen molar-refractivity contribution in [1.82, 2.24) is 0 Å². The maximum Gasteiger partial charge on any atom is -0.0229 e. The zero-order valence-electron chi connectivity index (χ0n) is 9.10. The summed E-state index contributed by atoms with van der Waals surface area (Å²) in [7, 11) is 0. The van der Waals surface area contributed by atoms with Crippen molar-refractivity contribution in [1.29, 1.82) is 0 Å². The summed E-state index contributed by atoms with van der Waals surface area (Å²) in [5.74, 6) is 1.91. The fourth-order valence-electron chi connectivity index (χ4n) is 2.98. The molecule has 0 heteroatoms. The van der Waals surface area contributed by atoms with E-state index in [0.717, 1.165) is 11.8 Å². The summed E-state index contributed by atoms with van der Waals surface area (Å²) < 4.78 is 0. The van der Waals surface area contributed by atoms with Crippen LogP contribution in [0.3, 0.4) is 0 Å². The normalized spacial score (nSPS) is 35.5. The van der Waals surface area contributed by atoms with Crippen molar-refractivity contribution < 1.29 is 0 Å². The smallest absolute Gasteiger partial charge is 0.0229 e. The van der Waals surface area contributed by atoms with Crippen LogP contribution in [0.1, 0.15) is 58.8 Å². The van der Waals surface area contributed by atoms with E-state index in [1.165, 1.54) is 44.9 Å². The Morgan fingerprint density at radius 2 is 1.62 bits per heavy atom. The van der Waals surface area contributed by atoms with Gasteiger partial charge in [0.05, 0.1) is 0 Å². The molecule has 2 saturated carbocycles. The first-order valence-corrected chi connectivity index (χ1v) is 5.98. The summed E-state index contributed by atoms with van der Waals surface area (Å²) in [5, 5.41) is 0. The summed E-state index contributed by atoms with van der Waals surface area (Å²) in [5.41, 5.74) is 3.70. The molecule has 0 aromatic rings. The van der Waals surface area contributed by atoms with Crippen LogP contribution < -0.4 is 0 Å². The second-order valence-electron chi connectivity index (χ2n) is 5.10. The van der Waals surface area contributed by atoms with Gasteiger partial charge in [0, 0.05) is 0 Å². The molecule has 1 atom stereocenters. The van der Waals surface area contributed by atoms with Gasteiger partial charge < -0.3 is 0 Å². The molecule has 0 amide bonds. The molecule has 0 heterocycles. The van der Waals surface area contributed by atoms with Crippen molar-refractivity contribution >= 4 is 0 Å². The van der Waals surface area contributed by atoms with Crippen molar-refractivity contribution in [2.75, 3.05) is 0 Å². The van der Waals surface area contributed by atoms with E-state index >= 15 is 0 Å². The van der Waals surface area contributed by atoms with E-state index in [9.17, 15) is 0 Å². The third-order valence-electron chi connectivity index (χ3n) is 4.01. The zero-order chi connectivity index (χ0) is 9.26. The molecule has 0 saturated heterocycles. The molecule has 0 radical (unpaired) electrons. The van der Waals surface area contributed by atoms with E-state index < -0.39 is 0 Å². The van der Waals surface area contributed by atoms with Gasteiger partial charge in [0.1, 0.15) is 0 Å². The van der Waals surface area contributed by atoms with Crippen LogP contribution in [0.2, 0.25) is 0 Å². The predicted molar refractivity (Wildman–Crippen MR) is 57.7 cm³/mol. The minimum absolute atomic E-state index is 0.920. The van der Waals surface area contributed by atoms with E-state index in [0.29, 0.717) is 0 Å². The Morgan fingerprint density at radius 3 is 2.15 bits per heavy atom. The van der Waals surface area contributed by atoms with Crippen LogP contribution in [-0.4, -0.2) is 0 Å². The zero-order valence-corrected chi connectivity index (χ0v) is 9.10. The van der Waals surface area contributed by atoms with Gasteiger partial charge in [-0.1, -0.05) is 25.0 Å². The average molecular weight is 178 g/mol. The van der Waals surface area contributed by atoms with Gasteiger partial charge in [0.25, 0.3) is 0 Å². The molecule has 0 bridgehead atoms. The number of hydrogen-bond donors (Lipinski definition) is 0. The minimum Gasteiger partial charge on any atom is -0.0707 e. The van der Waals surface area contributed by atoms with Gasteiger partial charge in [-0.25, -0.2) is 0 Å². The van der Waals surface area contributed by atoms with Gasteiger partial charge in [-0.2, -0.15) is 0 Å². The SMILES string of the molecule is CC1CCC(=C2CCCC2C)CC1. The van der Waals surface area contributed by atoms with Gasteiger partial charge >= 0.3 is 0 Å². The Hall–Kier alpha value is -0.260. The van der Waals surface area contributed by atoms with Crippen LogP contribution >= 0.6 is 0 Å². The largest absolute Gasteiger partial charge is 0.0707 e. The van der Waals surface area contributed by atoms with Crippen LogP contribution in [0.4, 0.5) is 0 Å². The van der Waals surface area contributed by atoms with Crippen molar-refractivity contribution in [2.45, 2.75) is 58.8 Å². The van der Waals surface area contributed by atoms with Crippen molar-refractivity contribution in [3.8, 4) is 0 Å². The van der Waals surface area contributed by atoms with Crippen LogP contribution in [0.5, 0.6) is 0 Å². The number of hydrogen-bond acceptors (Lipinski definition) is 0. The summed E-state index contributed by atoms with van der Waals surface area (Å²) in [6, 6.07) is 0. The second kappa shape index (κ2) is 3.86. The van der Waals surface area contributed by atoms with Crippen LogP contribution in [0.25, 0.3) is 0 Å². The van der Waals surface area contributed by atoms with Crippen LogP contribution in [0, 0.1) is 11.8 Å². The standard InChI is InChI=1S/C13H22/c1-10-6-8-12(9-7-10)13-5-3-4-11(13)2/h10-11H,3-9H2,1-2H3. The quantitative estimate of drug-likeness (QED) is 0.485. The van der Waals surface area contributed by atoms with Gasteiger partial charge in [-0.15, -0.1) is 0 Å². The van der Waals surface area contributed by atoms with Gasteiger partial charge in [-0.3, -0.25) is 0 Å². The lowest BCUT2D eigenvalue weighted by Crippen LogP contribution is -2.07. The van der Waals surface area contributed by atoms with Crippen molar-refractivity contribution in [3.05, 3.63) is 11.1 Å². The molecule has 0 aliphatic heterocycles. The molecule has 0 aromatic heterocycles. The lowest BCUT2D eigenvalue weighted by Gasteiger charge is -2.23. The lowest BCUT2D eigenvalue weighted by molar-refractivity contribution is 0.438. The fourth-order valence-corrected chi connectivity index (χ4v) is 2.98. The Labute approximate surface area is 82.4 Å². The molecular formula is C13H22. The van der Waals surface area contributed by atoms with Gasteiger partial charge in [0.15, 0.2) is 0 Å². The Morgan fingerprint density at radius 1 is 0.923 bits per heavy atom. The van der Waals surface area contributed by atoms with Crippen molar-refractivity contribution in [2.24, 2.45) is 11.8 Å². The van der Waals surface area contributed by atoms with E-state index in [-0.39, 0.29) is 0 Å². The van der Waals surface area contributed by atoms with E-state index in [1.807, 2.05) is 11.1 Å². The molecule has 0 nitrogen and oxygen atoms in total. The first-order valence-electron chi connectivity index (χ1n) is 5.98. The maximum atomic E-state index is 2.42. The number of allylic oxidation sites excluding steroid dienone is 2. The molecule has 1 unspecified atom stereocenters. The summed E-state index contributed by atoms with van der Waals surface area (Å²) in [6.07, 6.45) is 10.1. The van der Waals surface area contributed by atoms with E-state index in [2.05, 4.69) is 13.8 Å². The third-order valence-corrected chi connectivity index (χ3v) is 4.01. The molecule has 74 valence electrons. The molecule has 13 heavy (non-hydrogen) atoms. The summed E-state index contributed by atoms with van der Waals surface area (Å²) in [6.45, 7) is 4.83. The maximum absolute atomic E-state index is 2.42. The molecule has 2 fully saturated rings. The molecule has 2 rings (SSSR count). The topological polar surface area (TPSA) is 0 Å². The predicted octanol–water partition coefficient (Wildman–Crippen LogP) is 4.31. The monoisotopic (exact) mass is 178 g/mol. The highest BCUT2D eigenvalue weighted by molar-refractivity contribution is 5.20. The molecule has 2 aliphatic rings. The molecule has 2 aliphatic carbocycles. The minimum atomic E-state index is 0.920. The lowest BCUT2D eigenvalue weighted by atomic mass is 9.83. The highest BCUT2D eigenvalue weighted by atomic mass is 14.3. The second-order valence-corrected chi connectivity index (χ2v) is 5.10. The molecular weight excluding hydrogens is 156 g/mol. The first kappa shape index (κ1) is 9.30. The van der Waals surface area contributed by atoms with E-state index in [1.54, 1.807) is 0 Å². The van der Waals surface area contributed by atoms with Gasteiger partial charge in [0.2, 0.25) is 0 Å². The van der Waals surface area contributed by atoms with E-state index in [4.69, 9.17) is 0 Å². The fraction of sp³-hybridized carbons (Fsp3) is 0.846. The van der Waals surface area contributed by atoms with Crippen LogP contribution in [-0.2, 0) is 0 Å². The molecule has 0 spiro atoms. The number of rotatable bonds is 0. The Bertz CT molecular complexity index is 202. The Balaban J connectivity index is 2.06. The first-order chi connectivity index (χ1) is 6.27. The molecule has 0 N–H and O–H groups in total. The van der Waals surface area contributed by atoms with Gasteiger partial charge in [-0.05, 0) is 56.8 Å². The Kier molecular flexibility index (Phi) is 2.76.